The van der Waals surface area contributed by atoms with Crippen molar-refractivity contribution in [2.24, 2.45) is 10.5 Å². The second-order valence-corrected chi connectivity index (χ2v) is 7.23. The average molecular weight is 343 g/mol. The van der Waals surface area contributed by atoms with Crippen LogP contribution in [-0.2, 0) is 9.59 Å². The summed E-state index contributed by atoms with van der Waals surface area (Å²) >= 11 is 0. The molecule has 1 fully saturated rings. The van der Waals surface area contributed by atoms with Crippen molar-refractivity contribution in [1.29, 1.82) is 0 Å². The number of amides is 2. The summed E-state index contributed by atoms with van der Waals surface area (Å²) in [5, 5.41) is 6.90. The quantitative estimate of drug-likeness (QED) is 0.804. The summed E-state index contributed by atoms with van der Waals surface area (Å²) in [6, 6.07) is 6.63. The molecule has 0 aliphatic heterocycles. The van der Waals surface area contributed by atoms with Gasteiger partial charge in [-0.2, -0.15) is 5.10 Å². The van der Waals surface area contributed by atoms with Crippen molar-refractivity contribution in [2.45, 2.75) is 52.9 Å². The number of benzene rings is 1. The zero-order chi connectivity index (χ0) is 18.4. The van der Waals surface area contributed by atoms with Crippen LogP contribution in [0.3, 0.4) is 0 Å². The Morgan fingerprint density at radius 1 is 1.16 bits per heavy atom. The maximum absolute atomic E-state index is 12.2. The Kier molecular flexibility index (Phi) is 6.07. The van der Waals surface area contributed by atoms with Gasteiger partial charge in [0, 0.05) is 36.2 Å². The molecule has 0 aromatic heterocycles. The van der Waals surface area contributed by atoms with Crippen LogP contribution in [-0.4, -0.2) is 23.3 Å². The normalized spacial score (nSPS) is 18.0. The van der Waals surface area contributed by atoms with Gasteiger partial charge in [0.05, 0.1) is 0 Å². The molecule has 1 aliphatic rings. The number of carbonyl (C=O) groups is 3. The lowest BCUT2D eigenvalue weighted by atomic mass is 9.76. The number of ketones is 1. The van der Waals surface area contributed by atoms with Crippen LogP contribution in [0.4, 0.5) is 5.69 Å². The minimum absolute atomic E-state index is 0.0457. The lowest BCUT2D eigenvalue weighted by Crippen LogP contribution is -2.31. The fraction of sp³-hybridized carbons (Fsp3) is 0.474. The molecule has 2 N–H and O–H groups in total. The first-order valence-corrected chi connectivity index (χ1v) is 8.56. The van der Waals surface area contributed by atoms with E-state index in [9.17, 15) is 14.4 Å². The molecule has 0 saturated heterocycles. The Hall–Kier alpha value is -2.50. The molecule has 25 heavy (non-hydrogen) atoms. The van der Waals surface area contributed by atoms with Crippen LogP contribution in [0.25, 0.3) is 0 Å². The third-order valence-electron chi connectivity index (χ3n) is 3.98. The van der Waals surface area contributed by atoms with Crippen molar-refractivity contribution in [3.05, 3.63) is 29.8 Å². The lowest BCUT2D eigenvalue weighted by Gasteiger charge is -2.28. The number of nitrogens with zero attached hydrogens (tertiary/aromatic N) is 1. The topological polar surface area (TPSA) is 87.6 Å². The van der Waals surface area contributed by atoms with Crippen LogP contribution in [0.5, 0.6) is 0 Å². The van der Waals surface area contributed by atoms with Crippen molar-refractivity contribution in [1.82, 2.24) is 5.43 Å². The molecule has 0 atom stereocenters. The maximum atomic E-state index is 12.2. The predicted octanol–water partition coefficient (Wildman–Crippen LogP) is 3.29. The molecule has 0 heterocycles. The number of carbonyl (C=O) groups excluding carboxylic acids is 3. The Bertz CT molecular complexity index is 690. The monoisotopic (exact) mass is 343 g/mol. The van der Waals surface area contributed by atoms with E-state index >= 15 is 0 Å². The van der Waals surface area contributed by atoms with Gasteiger partial charge in [-0.25, -0.2) is 5.43 Å². The first-order valence-electron chi connectivity index (χ1n) is 8.56. The van der Waals surface area contributed by atoms with Gasteiger partial charge in [-0.1, -0.05) is 20.8 Å². The summed E-state index contributed by atoms with van der Waals surface area (Å²) in [6.45, 7) is 5.98. The highest BCUT2D eigenvalue weighted by molar-refractivity contribution is 6.05. The fourth-order valence-electron chi connectivity index (χ4n) is 2.93. The van der Waals surface area contributed by atoms with Crippen molar-refractivity contribution in [2.75, 3.05) is 5.32 Å². The predicted molar refractivity (Wildman–Crippen MR) is 97.5 cm³/mol. The third-order valence-corrected chi connectivity index (χ3v) is 3.98. The first-order chi connectivity index (χ1) is 11.8. The second kappa shape index (κ2) is 8.05. The summed E-state index contributed by atoms with van der Waals surface area (Å²) in [4.78, 5) is 35.5. The van der Waals surface area contributed by atoms with E-state index in [-0.39, 0.29) is 23.0 Å². The van der Waals surface area contributed by atoms with E-state index in [0.717, 1.165) is 6.42 Å². The molecule has 134 valence electrons. The van der Waals surface area contributed by atoms with E-state index in [2.05, 4.69) is 15.8 Å². The number of nitrogens with one attached hydrogen (secondary N) is 2. The summed E-state index contributed by atoms with van der Waals surface area (Å²) in [6.07, 6.45) is 2.79. The lowest BCUT2D eigenvalue weighted by molar-refractivity contribution is -0.120. The molecule has 6 heteroatoms. The van der Waals surface area contributed by atoms with Crippen molar-refractivity contribution in [3.63, 3.8) is 0 Å². The maximum Gasteiger partial charge on any atom is 0.271 e. The Morgan fingerprint density at radius 3 is 2.44 bits per heavy atom. The van der Waals surface area contributed by atoms with Gasteiger partial charge >= 0.3 is 0 Å². The van der Waals surface area contributed by atoms with E-state index in [1.807, 2.05) is 20.8 Å². The van der Waals surface area contributed by atoms with E-state index in [4.69, 9.17) is 0 Å². The summed E-state index contributed by atoms with van der Waals surface area (Å²) in [7, 11) is 0. The SMILES string of the molecule is CCCC(=O)Nc1ccc(C(=O)N/N=C2/CC(=O)CC(C)(C)C2)cc1. The van der Waals surface area contributed by atoms with Gasteiger partial charge in [0.25, 0.3) is 5.91 Å². The van der Waals surface area contributed by atoms with Crippen LogP contribution in [0.2, 0.25) is 0 Å². The minimum atomic E-state index is -0.338. The van der Waals surface area contributed by atoms with Gasteiger partial charge in [-0.3, -0.25) is 14.4 Å². The van der Waals surface area contributed by atoms with Gasteiger partial charge in [-0.05, 0) is 42.5 Å². The van der Waals surface area contributed by atoms with E-state index in [1.54, 1.807) is 24.3 Å². The zero-order valence-electron chi connectivity index (χ0n) is 15.0. The summed E-state index contributed by atoms with van der Waals surface area (Å²) < 4.78 is 0. The van der Waals surface area contributed by atoms with Crippen molar-refractivity contribution in [3.8, 4) is 0 Å². The van der Waals surface area contributed by atoms with Crippen LogP contribution in [0.15, 0.2) is 29.4 Å². The largest absolute Gasteiger partial charge is 0.326 e. The molecule has 1 aromatic carbocycles. The molecule has 2 amide bonds. The molecule has 6 nitrogen and oxygen atoms in total. The molecule has 1 saturated carbocycles. The fourth-order valence-corrected chi connectivity index (χ4v) is 2.93. The molecule has 1 aromatic rings. The van der Waals surface area contributed by atoms with Crippen LogP contribution in [0.1, 0.15) is 63.2 Å². The number of hydrazone groups is 1. The van der Waals surface area contributed by atoms with Gasteiger partial charge in [0.15, 0.2) is 0 Å². The van der Waals surface area contributed by atoms with Gasteiger partial charge in [-0.15, -0.1) is 0 Å². The number of rotatable bonds is 5. The van der Waals surface area contributed by atoms with E-state index in [0.29, 0.717) is 42.6 Å². The molecule has 0 spiro atoms. The van der Waals surface area contributed by atoms with Gasteiger partial charge in [0.1, 0.15) is 5.78 Å². The van der Waals surface area contributed by atoms with E-state index in [1.165, 1.54) is 0 Å². The highest BCUT2D eigenvalue weighted by Gasteiger charge is 2.30. The molecule has 0 radical (unpaired) electrons. The number of Topliss-reactive ketones (excluding diaryl/α,β-unsaturated/α-hetero) is 1. The first kappa shape index (κ1) is 18.8. The Morgan fingerprint density at radius 2 is 1.84 bits per heavy atom. The second-order valence-electron chi connectivity index (χ2n) is 7.23. The number of anilines is 1. The zero-order valence-corrected chi connectivity index (χ0v) is 15.0. The smallest absolute Gasteiger partial charge is 0.271 e. The molecular formula is C19H25N3O3. The average Bonchev–Trinajstić information content (AvgIpc) is 2.51. The molecular weight excluding hydrogens is 318 g/mol. The Balaban J connectivity index is 1.95. The highest BCUT2D eigenvalue weighted by Crippen LogP contribution is 2.31. The molecule has 1 aliphatic carbocycles. The molecule has 0 unspecified atom stereocenters. The minimum Gasteiger partial charge on any atom is -0.326 e. The van der Waals surface area contributed by atoms with Gasteiger partial charge in [0.2, 0.25) is 5.91 Å². The van der Waals surface area contributed by atoms with Crippen LogP contribution < -0.4 is 10.7 Å². The highest BCUT2D eigenvalue weighted by atomic mass is 16.2. The van der Waals surface area contributed by atoms with Crippen LogP contribution >= 0.6 is 0 Å². The number of hydrogen-bond donors (Lipinski definition) is 2. The van der Waals surface area contributed by atoms with Crippen molar-refractivity contribution < 1.29 is 14.4 Å². The third kappa shape index (κ3) is 5.81. The standard InChI is InChI=1S/C19H25N3O3/c1-4-5-17(24)20-14-8-6-13(7-9-14)18(25)22-21-15-10-16(23)12-19(2,3)11-15/h6-9H,4-5,10-12H2,1-3H3,(H,20,24)(H,22,25)/b21-15-. The van der Waals surface area contributed by atoms with Crippen LogP contribution in [0, 0.1) is 5.41 Å². The molecule has 2 rings (SSSR count). The number of hydrogen-bond acceptors (Lipinski definition) is 4. The summed E-state index contributed by atoms with van der Waals surface area (Å²) in [5.74, 6) is -0.234. The summed E-state index contributed by atoms with van der Waals surface area (Å²) in [5.41, 5.74) is 4.21. The van der Waals surface area contributed by atoms with Crippen molar-refractivity contribution >= 4 is 29.0 Å². The van der Waals surface area contributed by atoms with Gasteiger partial charge < -0.3 is 5.32 Å². The van der Waals surface area contributed by atoms with E-state index < -0.39 is 0 Å². The Labute approximate surface area is 148 Å². The molecule has 0 bridgehead atoms.